The topological polar surface area (TPSA) is 329 Å². The number of Topliss-reactive ketones (excluding diaryl/α,β-unsaturated/α-hetero) is 2. The van der Waals surface area contributed by atoms with Crippen molar-refractivity contribution in [2.24, 2.45) is 29.4 Å². The fourth-order valence-corrected chi connectivity index (χ4v) is 11.4. The number of esters is 2. The van der Waals surface area contributed by atoms with E-state index >= 15 is 0 Å². The fourth-order valence-electron chi connectivity index (χ4n) is 11.4. The molecule has 6 N–H and O–H groups in total. The maximum atomic E-state index is 14.0. The predicted octanol–water partition coefficient (Wildman–Crippen LogP) is 6.59. The highest BCUT2D eigenvalue weighted by Gasteiger charge is 2.47. The van der Waals surface area contributed by atoms with Gasteiger partial charge in [0.15, 0.2) is 11.9 Å². The number of carbonyl (C=O) groups is 10. The van der Waals surface area contributed by atoms with Gasteiger partial charge in [-0.1, -0.05) is 96.0 Å². The highest BCUT2D eigenvalue weighted by molar-refractivity contribution is 6.12. The highest BCUT2D eigenvalue weighted by atomic mass is 16.6. The van der Waals surface area contributed by atoms with E-state index in [2.05, 4.69) is 5.32 Å². The largest absolute Gasteiger partial charge is 0.457 e. The highest BCUT2D eigenvalue weighted by Crippen LogP contribution is 2.38. The molecule has 2 saturated heterocycles. The van der Waals surface area contributed by atoms with Crippen molar-refractivity contribution in [3.8, 4) is 0 Å². The Morgan fingerprint density at radius 1 is 0.889 bits per heavy atom. The van der Waals surface area contributed by atoms with Gasteiger partial charge < -0.3 is 59.9 Å². The quantitative estimate of drug-likeness (QED) is 0.00995. The normalized spacial score (nSPS) is 24.8. The van der Waals surface area contributed by atoms with Crippen LogP contribution in [0, 0.1) is 23.7 Å². The number of ether oxygens (including phenoxy) is 5. The van der Waals surface area contributed by atoms with E-state index in [1.165, 1.54) is 28.9 Å². The molecular weight excluding hydrogens is 1160 g/mol. The van der Waals surface area contributed by atoms with Gasteiger partial charge in [-0.15, -0.1) is 0 Å². The summed E-state index contributed by atoms with van der Waals surface area (Å²) in [5, 5.41) is 35.4. The zero-order valence-corrected chi connectivity index (χ0v) is 53.9. The number of nitrogens with zero attached hydrogens (tertiary/aromatic N) is 3. The van der Waals surface area contributed by atoms with E-state index in [-0.39, 0.29) is 138 Å². The first kappa shape index (κ1) is 73.7. The molecule has 2 fully saturated rings. The lowest BCUT2D eigenvalue weighted by Crippen LogP contribution is -2.53. The Balaban J connectivity index is 1.15. The number of piperazine rings is 1. The SMILES string of the molecule is CC[C@H](O)[C@@H](C)[C@H]1O[C@@H]1C[C@@](C)(O)/C=C/C=C(\C)[C@H]1OC(=O)C[C@H](O)CC[C@@](C)(OC(C)=O)[C@@H](OC(=O)N2CCN(C(=O)OCc3ccc(CC(=O)[C@H](CCCCC(N)=O)NC(=O)[C@@H](CC(=O)CCCCCN4C(=O)C=CC4=O)C(C)C)cc3)CC2)/C=C/[C@@H]1C. The van der Waals surface area contributed by atoms with E-state index in [9.17, 15) is 63.3 Å². The van der Waals surface area contributed by atoms with Gasteiger partial charge in [-0.05, 0) is 94.4 Å². The Morgan fingerprint density at radius 2 is 1.52 bits per heavy atom. The molecule has 1 aromatic carbocycles. The summed E-state index contributed by atoms with van der Waals surface area (Å²) >= 11 is 0. The number of hydrogen-bond donors (Lipinski definition) is 5. The summed E-state index contributed by atoms with van der Waals surface area (Å²) in [6.07, 6.45) is 8.84. The lowest BCUT2D eigenvalue weighted by Gasteiger charge is -2.38. The predicted molar refractivity (Wildman–Crippen MR) is 331 cm³/mol. The van der Waals surface area contributed by atoms with Crippen LogP contribution >= 0.6 is 0 Å². The minimum Gasteiger partial charge on any atom is -0.457 e. The minimum absolute atomic E-state index is 0.00192. The molecule has 0 spiro atoms. The molecule has 23 heteroatoms. The fraction of sp³-hybridized carbons (Fsp3) is 0.642. The molecule has 23 nitrogen and oxygen atoms in total. The summed E-state index contributed by atoms with van der Waals surface area (Å²) in [6, 6.07) is 5.97. The van der Waals surface area contributed by atoms with Gasteiger partial charge in [-0.2, -0.15) is 0 Å². The molecule has 0 unspecified atom stereocenters. The number of rotatable bonds is 31. The van der Waals surface area contributed by atoms with Crippen LogP contribution in [0.4, 0.5) is 9.59 Å². The minimum atomic E-state index is -1.49. The molecule has 1 aromatic rings. The zero-order valence-electron chi connectivity index (χ0n) is 53.9. The summed E-state index contributed by atoms with van der Waals surface area (Å²) in [4.78, 5) is 133. The van der Waals surface area contributed by atoms with Gasteiger partial charge in [0.1, 0.15) is 24.1 Å². The second-order valence-electron chi connectivity index (χ2n) is 25.4. The van der Waals surface area contributed by atoms with Crippen molar-refractivity contribution in [3.05, 3.63) is 83.5 Å². The van der Waals surface area contributed by atoms with Crippen LogP contribution in [-0.2, 0) is 75.1 Å². The molecule has 0 aliphatic carbocycles. The molecule has 5 rings (SSSR count). The molecule has 6 amide bonds. The molecule has 0 saturated carbocycles. The van der Waals surface area contributed by atoms with Crippen molar-refractivity contribution < 1.29 is 86.9 Å². The van der Waals surface area contributed by atoms with Gasteiger partial charge in [0.05, 0.1) is 42.5 Å². The second-order valence-corrected chi connectivity index (χ2v) is 25.4. The average Bonchev–Trinajstić information content (AvgIpc) is 1.73. The smallest absolute Gasteiger partial charge is 0.410 e. The summed E-state index contributed by atoms with van der Waals surface area (Å²) in [5.41, 5.74) is 4.48. The van der Waals surface area contributed by atoms with Crippen molar-refractivity contribution in [1.29, 1.82) is 0 Å². The number of primary amides is 1. The number of amides is 6. The average molecular weight is 1260 g/mol. The molecule has 4 heterocycles. The number of cyclic esters (lactones) is 1. The van der Waals surface area contributed by atoms with Crippen LogP contribution in [0.25, 0.3) is 0 Å². The third kappa shape index (κ3) is 23.6. The number of imide groups is 1. The number of benzene rings is 1. The van der Waals surface area contributed by atoms with E-state index in [4.69, 9.17) is 29.4 Å². The number of hydrogen-bond acceptors (Lipinski definition) is 18. The van der Waals surface area contributed by atoms with Crippen LogP contribution in [-0.4, -0.2) is 176 Å². The first-order valence-corrected chi connectivity index (χ1v) is 31.8. The molecular formula is C67H97N5O18. The van der Waals surface area contributed by atoms with Gasteiger partial charge in [0.2, 0.25) is 11.8 Å². The van der Waals surface area contributed by atoms with Crippen molar-refractivity contribution in [2.75, 3.05) is 32.7 Å². The number of ketones is 2. The third-order valence-electron chi connectivity index (χ3n) is 17.2. The summed E-state index contributed by atoms with van der Waals surface area (Å²) < 4.78 is 29.4. The molecule has 0 bridgehead atoms. The number of aliphatic hydroxyl groups excluding tert-OH is 2. The van der Waals surface area contributed by atoms with Gasteiger partial charge in [0, 0.05) is 102 Å². The molecule has 498 valence electrons. The number of allylic oxidation sites excluding steroid dienone is 2. The first-order valence-electron chi connectivity index (χ1n) is 31.8. The lowest BCUT2D eigenvalue weighted by molar-refractivity contribution is -0.168. The Morgan fingerprint density at radius 3 is 2.14 bits per heavy atom. The lowest BCUT2D eigenvalue weighted by atomic mass is 9.88. The number of nitrogens with two attached hydrogens (primary N) is 1. The Bertz CT molecular complexity index is 2770. The van der Waals surface area contributed by atoms with E-state index in [1.807, 2.05) is 27.7 Å². The van der Waals surface area contributed by atoms with Crippen molar-refractivity contribution in [2.45, 2.75) is 219 Å². The molecule has 4 aliphatic heterocycles. The maximum Gasteiger partial charge on any atom is 0.410 e. The van der Waals surface area contributed by atoms with Gasteiger partial charge in [-0.25, -0.2) is 9.59 Å². The number of nitrogens with one attached hydrogen (secondary N) is 1. The van der Waals surface area contributed by atoms with E-state index in [1.54, 1.807) is 82.3 Å². The summed E-state index contributed by atoms with van der Waals surface area (Å²) in [5.74, 6) is -4.87. The van der Waals surface area contributed by atoms with Crippen LogP contribution in [0.5, 0.6) is 0 Å². The first-order chi connectivity index (χ1) is 42.5. The number of carbonyl (C=O) groups excluding carboxylic acids is 10. The van der Waals surface area contributed by atoms with Gasteiger partial charge in [0.25, 0.3) is 11.8 Å². The van der Waals surface area contributed by atoms with E-state index in [0.717, 1.165) is 4.90 Å². The number of epoxide rings is 1. The maximum absolute atomic E-state index is 14.0. The molecule has 4 aliphatic rings. The molecule has 12 atom stereocenters. The monoisotopic (exact) mass is 1260 g/mol. The van der Waals surface area contributed by atoms with Gasteiger partial charge >= 0.3 is 24.1 Å². The van der Waals surface area contributed by atoms with Crippen molar-refractivity contribution >= 4 is 59.3 Å². The summed E-state index contributed by atoms with van der Waals surface area (Å²) in [6.45, 7) is 16.0. The molecule has 0 aromatic heterocycles. The molecule has 0 radical (unpaired) electrons. The van der Waals surface area contributed by atoms with Crippen LogP contribution in [0.15, 0.2) is 72.4 Å². The van der Waals surface area contributed by atoms with Crippen molar-refractivity contribution in [3.63, 3.8) is 0 Å². The second kappa shape index (κ2) is 34.9. The number of unbranched alkanes of at least 4 members (excludes halogenated alkanes) is 3. The standard InChI is InChI=1S/C67H97N5O18/c1-10-53(76)45(6)62-55(87-62)40-66(8,85)30-16-17-43(4)61-44(5)21-26-56(67(9,90-46(7)73)31-29-50(75)39-60(81)89-61)88-65(84)71-35-33-70(34-36-71)64(83)86-41-48-24-22-47(23-25-48)37-54(77)52(19-13-14-20-57(68)78)69-63(82)51(42(2)3)38-49(74)18-12-11-15-32-72-58(79)27-28-59(72)80/h16-17,21-28,30,42,44-45,50-53,55-56,61-62,75-76,85H,10-15,18-20,29,31-41H2,1-9H3,(H2,68,78)(H,69,82)/b26-21+,30-16+,43-17+/t44-,45+,50+,51-,52-,53-,55+,56-,61+,62+,66-,67+/m0/s1. The molecule has 90 heavy (non-hydrogen) atoms. The van der Waals surface area contributed by atoms with Crippen LogP contribution in [0.1, 0.15) is 163 Å². The van der Waals surface area contributed by atoms with E-state index in [0.29, 0.717) is 61.6 Å². The summed E-state index contributed by atoms with van der Waals surface area (Å²) in [7, 11) is 0. The van der Waals surface area contributed by atoms with Crippen LogP contribution in [0.2, 0.25) is 0 Å². The third-order valence-corrected chi connectivity index (χ3v) is 17.2. The zero-order chi connectivity index (χ0) is 66.5. The van der Waals surface area contributed by atoms with Crippen LogP contribution < -0.4 is 11.1 Å². The van der Waals surface area contributed by atoms with E-state index < -0.39 is 89.4 Å². The van der Waals surface area contributed by atoms with Gasteiger partial charge in [-0.3, -0.25) is 43.3 Å². The Hall–Kier alpha value is -7.08. The number of aliphatic hydroxyl groups is 3. The van der Waals surface area contributed by atoms with Crippen molar-refractivity contribution in [1.82, 2.24) is 20.0 Å². The Labute approximate surface area is 529 Å². The Kier molecular flexibility index (Phi) is 28.6. The van der Waals surface area contributed by atoms with Crippen LogP contribution in [0.3, 0.4) is 0 Å².